The molecule has 0 aromatic heterocycles. The topological polar surface area (TPSA) is 55.8 Å². The third-order valence-electron chi connectivity index (χ3n) is 3.04. The predicted molar refractivity (Wildman–Crippen MR) is 81.6 cm³/mol. The molecule has 0 amide bonds. The molecule has 1 heterocycles. The molecular formula is C14H18BFO4Si. The highest BCUT2D eigenvalue weighted by Crippen LogP contribution is 2.16. The average Bonchev–Trinajstić information content (AvgIpc) is 2.73. The first-order valence-corrected chi connectivity index (χ1v) is 10.3. The fraction of sp³-hybridized carbons (Fsp3) is 0.357. The van der Waals surface area contributed by atoms with Crippen LogP contribution in [0.3, 0.4) is 0 Å². The van der Waals surface area contributed by atoms with Crippen LogP contribution in [0.4, 0.5) is 4.39 Å². The molecular weight excluding hydrogens is 290 g/mol. The summed E-state index contributed by atoms with van der Waals surface area (Å²) >= 11 is 0. The lowest BCUT2D eigenvalue weighted by atomic mass is 9.78. The first-order valence-electron chi connectivity index (χ1n) is 6.75. The normalized spacial score (nSPS) is 14.6. The molecule has 1 aliphatic heterocycles. The molecule has 0 unspecified atom stereocenters. The van der Waals surface area contributed by atoms with Gasteiger partial charge in [0.25, 0.3) is 0 Å². The third kappa shape index (κ3) is 4.03. The Labute approximate surface area is 124 Å². The number of hydrogen-bond acceptors (Lipinski definition) is 4. The second-order valence-corrected chi connectivity index (χ2v) is 11.1. The van der Waals surface area contributed by atoms with E-state index in [1.165, 1.54) is 12.1 Å². The molecule has 112 valence electrons. The minimum Gasteiger partial charge on any atom is -0.458 e. The Morgan fingerprint density at radius 2 is 2.24 bits per heavy atom. The van der Waals surface area contributed by atoms with Gasteiger partial charge in [0.1, 0.15) is 12.4 Å². The van der Waals surface area contributed by atoms with E-state index < -0.39 is 27.0 Å². The van der Waals surface area contributed by atoms with Crippen molar-refractivity contribution in [1.29, 1.82) is 0 Å². The van der Waals surface area contributed by atoms with Crippen LogP contribution in [0.15, 0.2) is 23.9 Å². The van der Waals surface area contributed by atoms with Crippen LogP contribution >= 0.6 is 0 Å². The van der Waals surface area contributed by atoms with Gasteiger partial charge in [0.15, 0.2) is 0 Å². The van der Waals surface area contributed by atoms with Gasteiger partial charge < -0.3 is 14.4 Å². The van der Waals surface area contributed by atoms with Gasteiger partial charge in [-0.1, -0.05) is 31.4 Å². The van der Waals surface area contributed by atoms with E-state index in [9.17, 15) is 14.2 Å². The van der Waals surface area contributed by atoms with Crippen LogP contribution in [0.2, 0.25) is 19.6 Å². The molecule has 0 atom stereocenters. The molecule has 1 aliphatic rings. The summed E-state index contributed by atoms with van der Waals surface area (Å²) in [5, 5.41) is 9.58. The van der Waals surface area contributed by atoms with Crippen LogP contribution in [-0.4, -0.2) is 32.8 Å². The summed E-state index contributed by atoms with van der Waals surface area (Å²) < 4.78 is 23.9. The number of esters is 1. The van der Waals surface area contributed by atoms with Crippen molar-refractivity contribution in [1.82, 2.24) is 0 Å². The Kier molecular flexibility index (Phi) is 4.65. The molecule has 0 aliphatic carbocycles. The highest BCUT2D eigenvalue weighted by Gasteiger charge is 2.30. The summed E-state index contributed by atoms with van der Waals surface area (Å²) in [6, 6.07) is 2.51. The van der Waals surface area contributed by atoms with Crippen LogP contribution in [0, 0.1) is 5.82 Å². The van der Waals surface area contributed by atoms with E-state index in [0.717, 1.165) is 0 Å². The predicted octanol–water partition coefficient (Wildman–Crippen LogP) is 1.63. The summed E-state index contributed by atoms with van der Waals surface area (Å²) in [6.07, 6.45) is 1.79. The maximum absolute atomic E-state index is 13.9. The van der Waals surface area contributed by atoms with Gasteiger partial charge in [0.2, 0.25) is 0 Å². The highest BCUT2D eigenvalue weighted by atomic mass is 28.3. The van der Waals surface area contributed by atoms with E-state index in [1.807, 2.05) is 0 Å². The van der Waals surface area contributed by atoms with Crippen LogP contribution in [-0.2, 0) is 16.0 Å². The summed E-state index contributed by atoms with van der Waals surface area (Å²) in [7, 11) is -2.45. The molecule has 7 heteroatoms. The lowest BCUT2D eigenvalue weighted by Gasteiger charge is -2.09. The van der Waals surface area contributed by atoms with E-state index >= 15 is 0 Å². The minimum absolute atomic E-state index is 0.110. The average molecular weight is 308 g/mol. The van der Waals surface area contributed by atoms with Gasteiger partial charge >= 0.3 is 13.1 Å². The smallest absolute Gasteiger partial charge is 0.458 e. The quantitative estimate of drug-likeness (QED) is 0.678. The second-order valence-electron chi connectivity index (χ2n) is 6.06. The van der Waals surface area contributed by atoms with Gasteiger partial charge in [-0.2, -0.15) is 0 Å². The van der Waals surface area contributed by atoms with E-state index in [4.69, 9.17) is 9.39 Å². The standard InChI is InChI=1S/C14H18BFO4Si/c1-21(2,3)6-4-5-19-14(17)11-8-12-10(7-13(11)16)9-20-15(12)18/h4,6-8,18H,5,9H2,1-3H3/b6-4+. The maximum Gasteiger partial charge on any atom is 0.491 e. The molecule has 1 aromatic carbocycles. The van der Waals surface area contributed by atoms with Crippen molar-refractivity contribution < 1.29 is 23.6 Å². The van der Waals surface area contributed by atoms with Crippen LogP contribution in [0.1, 0.15) is 15.9 Å². The van der Waals surface area contributed by atoms with Gasteiger partial charge in [0.05, 0.1) is 20.2 Å². The Bertz CT molecular complexity index is 583. The summed E-state index contributed by atoms with van der Waals surface area (Å²) in [6.45, 7) is 6.73. The summed E-state index contributed by atoms with van der Waals surface area (Å²) in [5.41, 5.74) is 2.84. The zero-order valence-corrected chi connectivity index (χ0v) is 13.4. The summed E-state index contributed by atoms with van der Waals surface area (Å²) in [4.78, 5) is 11.9. The fourth-order valence-electron chi connectivity index (χ4n) is 2.00. The zero-order chi connectivity index (χ0) is 15.6. The first kappa shape index (κ1) is 15.9. The first-order chi connectivity index (χ1) is 9.78. The van der Waals surface area contributed by atoms with Gasteiger partial charge in [-0.3, -0.25) is 0 Å². The largest absolute Gasteiger partial charge is 0.491 e. The molecule has 1 N–H and O–H groups in total. The van der Waals surface area contributed by atoms with Crippen molar-refractivity contribution in [3.63, 3.8) is 0 Å². The molecule has 0 saturated carbocycles. The summed E-state index contributed by atoms with van der Waals surface area (Å²) in [5.74, 6) is -1.40. The van der Waals surface area contributed by atoms with Crippen molar-refractivity contribution in [2.24, 2.45) is 0 Å². The van der Waals surface area contributed by atoms with Crippen molar-refractivity contribution in [3.05, 3.63) is 40.9 Å². The van der Waals surface area contributed by atoms with Gasteiger partial charge in [-0.25, -0.2) is 9.18 Å². The van der Waals surface area contributed by atoms with Crippen LogP contribution in [0.25, 0.3) is 0 Å². The number of rotatable bonds is 4. The van der Waals surface area contributed by atoms with Crippen molar-refractivity contribution in [2.75, 3.05) is 6.61 Å². The SMILES string of the molecule is C[Si](C)(C)/C=C/COC(=O)c1cc2c(cc1F)COB2O. The Morgan fingerprint density at radius 1 is 1.52 bits per heavy atom. The number of carbonyl (C=O) groups excluding carboxylic acids is 1. The number of hydrogen-bond donors (Lipinski definition) is 1. The van der Waals surface area contributed by atoms with E-state index in [1.54, 1.807) is 6.08 Å². The van der Waals surface area contributed by atoms with E-state index in [2.05, 4.69) is 25.3 Å². The molecule has 0 fully saturated rings. The van der Waals surface area contributed by atoms with Gasteiger partial charge in [-0.05, 0) is 23.2 Å². The van der Waals surface area contributed by atoms with Gasteiger partial charge in [0, 0.05) is 0 Å². The number of carbonyl (C=O) groups is 1. The molecule has 0 bridgehead atoms. The number of benzene rings is 1. The molecule has 2 rings (SSSR count). The fourth-order valence-corrected chi connectivity index (χ4v) is 2.81. The van der Waals surface area contributed by atoms with Crippen molar-refractivity contribution in [3.8, 4) is 0 Å². The molecule has 1 aromatic rings. The number of fused-ring (bicyclic) bond motifs is 1. The molecule has 0 saturated heterocycles. The van der Waals surface area contributed by atoms with E-state index in [0.29, 0.717) is 11.0 Å². The molecule has 4 nitrogen and oxygen atoms in total. The van der Waals surface area contributed by atoms with E-state index in [-0.39, 0.29) is 18.8 Å². The monoisotopic (exact) mass is 308 g/mol. The van der Waals surface area contributed by atoms with Crippen molar-refractivity contribution >= 4 is 26.6 Å². The second kappa shape index (κ2) is 6.13. The lowest BCUT2D eigenvalue weighted by Crippen LogP contribution is -2.29. The maximum atomic E-state index is 13.9. The molecule has 21 heavy (non-hydrogen) atoms. The lowest BCUT2D eigenvalue weighted by molar-refractivity contribution is 0.0544. The number of ether oxygens (including phenoxy) is 1. The van der Waals surface area contributed by atoms with Crippen LogP contribution in [0.5, 0.6) is 0 Å². The molecule has 0 spiro atoms. The van der Waals surface area contributed by atoms with Gasteiger partial charge in [-0.15, -0.1) is 0 Å². The van der Waals surface area contributed by atoms with Crippen LogP contribution < -0.4 is 5.46 Å². The Morgan fingerprint density at radius 3 is 2.90 bits per heavy atom. The Hall–Kier alpha value is -1.44. The van der Waals surface area contributed by atoms with Crippen molar-refractivity contribution in [2.45, 2.75) is 26.2 Å². The highest BCUT2D eigenvalue weighted by molar-refractivity contribution is 6.80. The molecule has 0 radical (unpaired) electrons. The third-order valence-corrected chi connectivity index (χ3v) is 4.28. The minimum atomic E-state index is -1.34. The zero-order valence-electron chi connectivity index (χ0n) is 12.4. The Balaban J connectivity index is 2.07. The number of halogens is 1.